The fourth-order valence-corrected chi connectivity index (χ4v) is 6.26. The van der Waals surface area contributed by atoms with E-state index < -0.39 is 5.97 Å². The standard InChI is InChI=1S/C19H24N2O2S.C13H12O2S/c1-15-2-4-16(5-3-15)18-7-6-17(24-18)14-19(22)20-8-9-21-10-12-23-13-11-21;1-9-2-4-10(5-3-9)12-7-6-11(16-12)8-13(14)15/h2-7H,8-14H2,1H3,(H,20,22);2-7H,8H2,1H3,(H,14,15). The third kappa shape index (κ3) is 9.41. The summed E-state index contributed by atoms with van der Waals surface area (Å²) < 4.78 is 5.32. The highest BCUT2D eigenvalue weighted by Gasteiger charge is 2.11. The number of nitrogens with zero attached hydrogens (tertiary/aromatic N) is 1. The van der Waals surface area contributed by atoms with Crippen LogP contribution in [0.3, 0.4) is 0 Å². The van der Waals surface area contributed by atoms with Gasteiger partial charge in [0.25, 0.3) is 0 Å². The summed E-state index contributed by atoms with van der Waals surface area (Å²) in [5.74, 6) is -0.683. The molecule has 0 aliphatic carbocycles. The number of benzene rings is 2. The summed E-state index contributed by atoms with van der Waals surface area (Å²) in [7, 11) is 0. The molecule has 0 spiro atoms. The van der Waals surface area contributed by atoms with E-state index in [-0.39, 0.29) is 12.3 Å². The predicted molar refractivity (Wildman–Crippen MR) is 164 cm³/mol. The lowest BCUT2D eigenvalue weighted by Crippen LogP contribution is -2.41. The Bertz CT molecular complexity index is 1370. The lowest BCUT2D eigenvalue weighted by Gasteiger charge is -2.26. The van der Waals surface area contributed by atoms with E-state index in [9.17, 15) is 9.59 Å². The van der Waals surface area contributed by atoms with Gasteiger partial charge in [-0.3, -0.25) is 14.5 Å². The summed E-state index contributed by atoms with van der Waals surface area (Å²) in [6.45, 7) is 9.25. The summed E-state index contributed by atoms with van der Waals surface area (Å²) in [6, 6.07) is 24.8. The quantitative estimate of drug-likeness (QED) is 0.253. The number of morpholine rings is 1. The molecule has 2 aromatic carbocycles. The highest BCUT2D eigenvalue weighted by molar-refractivity contribution is 7.15. The molecule has 6 nitrogen and oxygen atoms in total. The van der Waals surface area contributed by atoms with Gasteiger partial charge in [0.2, 0.25) is 5.91 Å². The second-order valence-electron chi connectivity index (χ2n) is 9.82. The monoisotopic (exact) mass is 576 g/mol. The maximum absolute atomic E-state index is 12.1. The molecule has 1 amide bonds. The Kier molecular flexibility index (Phi) is 11.1. The van der Waals surface area contributed by atoms with Crippen LogP contribution in [-0.2, 0) is 27.2 Å². The topological polar surface area (TPSA) is 78.9 Å². The van der Waals surface area contributed by atoms with E-state index in [1.54, 1.807) is 11.3 Å². The second-order valence-corrected chi connectivity index (χ2v) is 12.2. The third-order valence-electron chi connectivity index (χ3n) is 6.51. The van der Waals surface area contributed by atoms with E-state index in [4.69, 9.17) is 9.84 Å². The number of thiophene rings is 2. The maximum Gasteiger partial charge on any atom is 0.308 e. The van der Waals surface area contributed by atoms with Crippen LogP contribution in [0.15, 0.2) is 72.8 Å². The average molecular weight is 577 g/mol. The molecular weight excluding hydrogens is 540 g/mol. The number of nitrogens with one attached hydrogen (secondary N) is 1. The zero-order valence-electron chi connectivity index (χ0n) is 23.0. The fourth-order valence-electron chi connectivity index (χ4n) is 4.24. The van der Waals surface area contributed by atoms with Crippen LogP contribution in [0.25, 0.3) is 20.9 Å². The van der Waals surface area contributed by atoms with E-state index >= 15 is 0 Å². The number of ether oxygens (including phenoxy) is 1. The van der Waals surface area contributed by atoms with E-state index in [1.807, 2.05) is 19.1 Å². The van der Waals surface area contributed by atoms with Gasteiger partial charge >= 0.3 is 5.97 Å². The summed E-state index contributed by atoms with van der Waals surface area (Å²) in [6.07, 6.45) is 0.566. The van der Waals surface area contributed by atoms with Crippen molar-refractivity contribution in [2.45, 2.75) is 26.7 Å². The largest absolute Gasteiger partial charge is 0.481 e. The molecule has 1 aliphatic rings. The summed E-state index contributed by atoms with van der Waals surface area (Å²) in [5.41, 5.74) is 4.85. The van der Waals surface area contributed by atoms with Crippen LogP contribution >= 0.6 is 22.7 Å². The zero-order valence-corrected chi connectivity index (χ0v) is 24.7. The first-order valence-electron chi connectivity index (χ1n) is 13.5. The predicted octanol–water partition coefficient (Wildman–Crippen LogP) is 6.07. The molecule has 0 unspecified atom stereocenters. The molecular formula is C32H36N2O4S2. The van der Waals surface area contributed by atoms with Crippen LogP contribution in [0.1, 0.15) is 20.9 Å². The molecule has 1 saturated heterocycles. The lowest BCUT2D eigenvalue weighted by molar-refractivity contribution is -0.136. The molecule has 0 atom stereocenters. The number of carbonyl (C=O) groups excluding carboxylic acids is 1. The van der Waals surface area contributed by atoms with Gasteiger partial charge in [0.1, 0.15) is 0 Å². The minimum Gasteiger partial charge on any atom is -0.481 e. The van der Waals surface area contributed by atoms with Gasteiger partial charge in [-0.2, -0.15) is 0 Å². The van der Waals surface area contributed by atoms with Crippen molar-refractivity contribution < 1.29 is 19.4 Å². The van der Waals surface area contributed by atoms with Gasteiger partial charge in [-0.1, -0.05) is 59.7 Å². The number of aryl methyl sites for hydroxylation is 2. The van der Waals surface area contributed by atoms with Crippen molar-refractivity contribution in [3.05, 3.63) is 93.7 Å². The van der Waals surface area contributed by atoms with E-state index in [0.717, 1.165) is 53.0 Å². The van der Waals surface area contributed by atoms with Crippen molar-refractivity contribution in [1.82, 2.24) is 10.2 Å². The molecule has 4 aromatic rings. The smallest absolute Gasteiger partial charge is 0.308 e. The first-order chi connectivity index (χ1) is 19.4. The average Bonchev–Trinajstić information content (AvgIpc) is 3.60. The van der Waals surface area contributed by atoms with Crippen molar-refractivity contribution in [2.24, 2.45) is 0 Å². The molecule has 0 radical (unpaired) electrons. The number of hydrogen-bond acceptors (Lipinski definition) is 6. The van der Waals surface area contributed by atoms with Crippen molar-refractivity contribution >= 4 is 34.6 Å². The SMILES string of the molecule is Cc1ccc(-c2ccc(CC(=O)NCCN3CCOCC3)s2)cc1.Cc1ccc(-c2ccc(CC(=O)O)s2)cc1. The number of aliphatic carboxylic acids is 1. The van der Waals surface area contributed by atoms with Crippen LogP contribution in [0.4, 0.5) is 0 Å². The minimum atomic E-state index is -0.780. The first-order valence-corrected chi connectivity index (χ1v) is 15.1. The van der Waals surface area contributed by atoms with Gasteiger partial charge in [-0.25, -0.2) is 0 Å². The van der Waals surface area contributed by atoms with E-state index in [0.29, 0.717) is 13.0 Å². The Morgan fingerprint density at radius 3 is 1.77 bits per heavy atom. The molecule has 2 aromatic heterocycles. The molecule has 210 valence electrons. The molecule has 1 fully saturated rings. The highest BCUT2D eigenvalue weighted by Crippen LogP contribution is 2.29. The Morgan fingerprint density at radius 2 is 1.27 bits per heavy atom. The minimum absolute atomic E-state index is 0.0977. The Hall–Kier alpha value is -3.30. The van der Waals surface area contributed by atoms with Gasteiger partial charge < -0.3 is 15.2 Å². The summed E-state index contributed by atoms with van der Waals surface area (Å²) in [4.78, 5) is 29.3. The van der Waals surface area contributed by atoms with Crippen molar-refractivity contribution in [1.29, 1.82) is 0 Å². The Labute approximate surface area is 244 Å². The zero-order chi connectivity index (χ0) is 28.3. The molecule has 5 rings (SSSR count). The molecule has 1 aliphatic heterocycles. The van der Waals surface area contributed by atoms with Gasteiger partial charge in [-0.15, -0.1) is 22.7 Å². The van der Waals surface area contributed by atoms with Crippen LogP contribution in [0.5, 0.6) is 0 Å². The lowest BCUT2D eigenvalue weighted by atomic mass is 10.1. The van der Waals surface area contributed by atoms with Crippen molar-refractivity contribution in [2.75, 3.05) is 39.4 Å². The van der Waals surface area contributed by atoms with Gasteiger partial charge in [0, 0.05) is 45.7 Å². The van der Waals surface area contributed by atoms with Crippen LogP contribution in [0, 0.1) is 13.8 Å². The van der Waals surface area contributed by atoms with E-state index in [1.165, 1.54) is 32.9 Å². The second kappa shape index (κ2) is 14.9. The number of rotatable bonds is 9. The Balaban J connectivity index is 0.000000201. The van der Waals surface area contributed by atoms with Crippen molar-refractivity contribution in [3.63, 3.8) is 0 Å². The third-order valence-corrected chi connectivity index (χ3v) is 8.78. The summed E-state index contributed by atoms with van der Waals surface area (Å²) in [5, 5.41) is 11.7. The number of hydrogen-bond donors (Lipinski definition) is 2. The van der Waals surface area contributed by atoms with Gasteiger partial charge in [0.05, 0.1) is 26.1 Å². The first kappa shape index (κ1) is 29.7. The van der Waals surface area contributed by atoms with Crippen LogP contribution in [0.2, 0.25) is 0 Å². The fraction of sp³-hybridized carbons (Fsp3) is 0.312. The van der Waals surface area contributed by atoms with Gasteiger partial charge in [-0.05, 0) is 49.2 Å². The number of carboxylic acids is 1. The molecule has 0 bridgehead atoms. The molecule has 40 heavy (non-hydrogen) atoms. The molecule has 0 saturated carbocycles. The number of carboxylic acid groups (broad SMARTS) is 1. The number of carbonyl (C=O) groups is 2. The van der Waals surface area contributed by atoms with Crippen LogP contribution < -0.4 is 5.32 Å². The maximum atomic E-state index is 12.1. The molecule has 8 heteroatoms. The van der Waals surface area contributed by atoms with Crippen LogP contribution in [-0.4, -0.2) is 61.3 Å². The van der Waals surface area contributed by atoms with Gasteiger partial charge in [0.15, 0.2) is 0 Å². The molecule has 3 heterocycles. The summed E-state index contributed by atoms with van der Waals surface area (Å²) >= 11 is 3.23. The van der Waals surface area contributed by atoms with Crippen molar-refractivity contribution in [3.8, 4) is 20.9 Å². The normalized spacial score (nSPS) is 13.3. The molecule has 2 N–H and O–H groups in total. The van der Waals surface area contributed by atoms with E-state index in [2.05, 4.69) is 77.8 Å². The number of amides is 1. The highest BCUT2D eigenvalue weighted by atomic mass is 32.1. The Morgan fingerprint density at radius 1 is 0.775 bits per heavy atom.